The van der Waals surface area contributed by atoms with E-state index >= 15 is 0 Å². The summed E-state index contributed by atoms with van der Waals surface area (Å²) in [5.74, 6) is 0.468. The standard InChI is InChI=1S/C19H32N4O4/c1-14(2)5-9-23-13-19(27-18(23)26)6-10-21(11-7-19)16(24)15-4-3-8-22(12-15)17(20)25/h14-15H,3-13H2,1-2H3,(H2,20,25)/t15-/m0/s1. The van der Waals surface area contributed by atoms with E-state index in [0.717, 1.165) is 25.8 Å². The fraction of sp³-hybridized carbons (Fsp3) is 0.842. The van der Waals surface area contributed by atoms with E-state index in [-0.39, 0.29) is 17.9 Å². The topological polar surface area (TPSA) is 96.2 Å². The number of likely N-dealkylation sites (tertiary alicyclic amines) is 2. The number of piperidine rings is 2. The number of rotatable bonds is 4. The van der Waals surface area contributed by atoms with Crippen LogP contribution in [0.5, 0.6) is 0 Å². The lowest BCUT2D eigenvalue weighted by Gasteiger charge is -2.40. The molecule has 0 aromatic carbocycles. The first-order valence-corrected chi connectivity index (χ1v) is 10.1. The summed E-state index contributed by atoms with van der Waals surface area (Å²) < 4.78 is 5.74. The Balaban J connectivity index is 1.52. The Morgan fingerprint density at radius 1 is 1.22 bits per heavy atom. The maximum absolute atomic E-state index is 12.9. The molecule has 0 unspecified atom stereocenters. The van der Waals surface area contributed by atoms with Crippen molar-refractivity contribution in [3.8, 4) is 0 Å². The summed E-state index contributed by atoms with van der Waals surface area (Å²) in [6.07, 6.45) is 3.69. The van der Waals surface area contributed by atoms with E-state index in [4.69, 9.17) is 10.5 Å². The molecule has 4 amide bonds. The molecule has 0 aliphatic carbocycles. The van der Waals surface area contributed by atoms with E-state index in [2.05, 4.69) is 13.8 Å². The van der Waals surface area contributed by atoms with Crippen molar-refractivity contribution in [3.05, 3.63) is 0 Å². The number of nitrogens with zero attached hydrogens (tertiary/aromatic N) is 3. The third-order valence-corrected chi connectivity index (χ3v) is 6.09. The van der Waals surface area contributed by atoms with Gasteiger partial charge in [0, 0.05) is 45.6 Å². The van der Waals surface area contributed by atoms with Gasteiger partial charge >= 0.3 is 12.1 Å². The number of carbonyl (C=O) groups excluding carboxylic acids is 3. The first-order chi connectivity index (χ1) is 12.8. The highest BCUT2D eigenvalue weighted by atomic mass is 16.6. The molecule has 8 heteroatoms. The van der Waals surface area contributed by atoms with E-state index in [9.17, 15) is 14.4 Å². The molecule has 0 saturated carbocycles. The number of amides is 4. The van der Waals surface area contributed by atoms with Crippen molar-refractivity contribution in [2.75, 3.05) is 39.3 Å². The minimum absolute atomic E-state index is 0.0942. The van der Waals surface area contributed by atoms with Crippen molar-refractivity contribution in [2.45, 2.75) is 51.6 Å². The third kappa shape index (κ3) is 4.47. The van der Waals surface area contributed by atoms with Gasteiger partial charge in [0.1, 0.15) is 5.60 Å². The Kier molecular flexibility index (Phi) is 5.81. The highest BCUT2D eigenvalue weighted by molar-refractivity contribution is 5.81. The first kappa shape index (κ1) is 19.8. The molecule has 1 atom stereocenters. The van der Waals surface area contributed by atoms with Gasteiger partial charge in [0.2, 0.25) is 5.91 Å². The van der Waals surface area contributed by atoms with Gasteiger partial charge in [-0.05, 0) is 25.2 Å². The smallest absolute Gasteiger partial charge is 0.410 e. The van der Waals surface area contributed by atoms with Gasteiger partial charge in [-0.15, -0.1) is 0 Å². The van der Waals surface area contributed by atoms with Crippen LogP contribution in [-0.4, -0.2) is 77.6 Å². The van der Waals surface area contributed by atoms with Crippen LogP contribution in [0.3, 0.4) is 0 Å². The minimum Gasteiger partial charge on any atom is -0.441 e. The maximum atomic E-state index is 12.9. The summed E-state index contributed by atoms with van der Waals surface area (Å²) in [6.45, 7) is 7.87. The first-order valence-electron chi connectivity index (χ1n) is 10.1. The number of urea groups is 1. The lowest BCUT2D eigenvalue weighted by Crippen LogP contribution is -2.53. The number of nitrogens with two attached hydrogens (primary N) is 1. The van der Waals surface area contributed by atoms with Crippen LogP contribution in [0.2, 0.25) is 0 Å². The zero-order chi connectivity index (χ0) is 19.6. The molecule has 2 N–H and O–H groups in total. The zero-order valence-electron chi connectivity index (χ0n) is 16.5. The van der Waals surface area contributed by atoms with Crippen LogP contribution in [0.15, 0.2) is 0 Å². The maximum Gasteiger partial charge on any atom is 0.410 e. The highest BCUT2D eigenvalue weighted by Gasteiger charge is 2.47. The summed E-state index contributed by atoms with van der Waals surface area (Å²) in [4.78, 5) is 41.7. The Morgan fingerprint density at radius 3 is 2.56 bits per heavy atom. The monoisotopic (exact) mass is 380 g/mol. The zero-order valence-corrected chi connectivity index (χ0v) is 16.5. The van der Waals surface area contributed by atoms with Gasteiger partial charge in [-0.3, -0.25) is 4.79 Å². The van der Waals surface area contributed by atoms with Crippen molar-refractivity contribution < 1.29 is 19.1 Å². The van der Waals surface area contributed by atoms with Gasteiger partial charge in [0.05, 0.1) is 12.5 Å². The number of primary amides is 1. The molecule has 3 aliphatic rings. The second-order valence-electron chi connectivity index (χ2n) is 8.60. The molecule has 0 bridgehead atoms. The molecule has 3 rings (SSSR count). The molecule has 0 radical (unpaired) electrons. The summed E-state index contributed by atoms with van der Waals surface area (Å²) in [7, 11) is 0. The molecular weight excluding hydrogens is 348 g/mol. The molecule has 3 fully saturated rings. The predicted octanol–water partition coefficient (Wildman–Crippen LogP) is 1.64. The van der Waals surface area contributed by atoms with Crippen LogP contribution in [0, 0.1) is 11.8 Å². The third-order valence-electron chi connectivity index (χ3n) is 6.09. The summed E-state index contributed by atoms with van der Waals surface area (Å²) in [5, 5.41) is 0. The summed E-state index contributed by atoms with van der Waals surface area (Å²) >= 11 is 0. The van der Waals surface area contributed by atoms with Gasteiger partial charge in [0.15, 0.2) is 0 Å². The second-order valence-corrected chi connectivity index (χ2v) is 8.60. The van der Waals surface area contributed by atoms with Gasteiger partial charge in [-0.1, -0.05) is 13.8 Å². The quantitative estimate of drug-likeness (QED) is 0.802. The Bertz CT molecular complexity index is 586. The van der Waals surface area contributed by atoms with Crippen LogP contribution < -0.4 is 5.73 Å². The fourth-order valence-corrected chi connectivity index (χ4v) is 4.31. The molecule has 1 spiro atoms. The van der Waals surface area contributed by atoms with Gasteiger partial charge in [-0.25, -0.2) is 9.59 Å². The molecule has 8 nitrogen and oxygen atoms in total. The second kappa shape index (κ2) is 7.94. The van der Waals surface area contributed by atoms with Crippen molar-refractivity contribution >= 4 is 18.0 Å². The normalized spacial score (nSPS) is 25.2. The van der Waals surface area contributed by atoms with E-state index in [1.807, 2.05) is 9.80 Å². The predicted molar refractivity (Wildman–Crippen MR) is 99.9 cm³/mol. The SMILES string of the molecule is CC(C)CCN1CC2(CCN(C(=O)[C@H]3CCCN(C(N)=O)C3)CC2)OC1=O. The summed E-state index contributed by atoms with van der Waals surface area (Å²) in [6, 6.07) is -0.454. The van der Waals surface area contributed by atoms with Crippen molar-refractivity contribution in [3.63, 3.8) is 0 Å². The molecule has 3 saturated heterocycles. The Hall–Kier alpha value is -1.99. The van der Waals surface area contributed by atoms with Crippen LogP contribution in [0.25, 0.3) is 0 Å². The molecular formula is C19H32N4O4. The van der Waals surface area contributed by atoms with Gasteiger partial charge < -0.3 is 25.2 Å². The Morgan fingerprint density at radius 2 is 1.93 bits per heavy atom. The van der Waals surface area contributed by atoms with E-state index < -0.39 is 11.6 Å². The molecule has 0 aromatic heterocycles. The molecule has 0 aromatic rings. The lowest BCUT2D eigenvalue weighted by atomic mass is 9.89. The van der Waals surface area contributed by atoms with E-state index in [0.29, 0.717) is 51.5 Å². The summed E-state index contributed by atoms with van der Waals surface area (Å²) in [5.41, 5.74) is 4.92. The lowest BCUT2D eigenvalue weighted by molar-refractivity contribution is -0.140. The molecule has 27 heavy (non-hydrogen) atoms. The molecule has 3 aliphatic heterocycles. The average Bonchev–Trinajstić information content (AvgIpc) is 2.95. The van der Waals surface area contributed by atoms with Gasteiger partial charge in [0.25, 0.3) is 0 Å². The van der Waals surface area contributed by atoms with E-state index in [1.54, 1.807) is 4.90 Å². The van der Waals surface area contributed by atoms with Crippen molar-refractivity contribution in [2.24, 2.45) is 17.6 Å². The van der Waals surface area contributed by atoms with Crippen LogP contribution >= 0.6 is 0 Å². The van der Waals surface area contributed by atoms with E-state index in [1.165, 1.54) is 0 Å². The number of hydrogen-bond acceptors (Lipinski definition) is 4. The fourth-order valence-electron chi connectivity index (χ4n) is 4.31. The minimum atomic E-state index is -0.454. The van der Waals surface area contributed by atoms with Gasteiger partial charge in [-0.2, -0.15) is 0 Å². The molecule has 3 heterocycles. The number of hydrogen-bond donors (Lipinski definition) is 1. The van der Waals surface area contributed by atoms with Crippen molar-refractivity contribution in [1.29, 1.82) is 0 Å². The molecule has 152 valence electrons. The largest absolute Gasteiger partial charge is 0.441 e. The van der Waals surface area contributed by atoms with Crippen LogP contribution in [0.4, 0.5) is 9.59 Å². The van der Waals surface area contributed by atoms with Crippen molar-refractivity contribution in [1.82, 2.24) is 14.7 Å². The average molecular weight is 380 g/mol. The highest BCUT2D eigenvalue weighted by Crippen LogP contribution is 2.34. The number of carbonyl (C=O) groups is 3. The number of ether oxygens (including phenoxy) is 1. The van der Waals surface area contributed by atoms with Crippen LogP contribution in [-0.2, 0) is 9.53 Å². The Labute approximate surface area is 161 Å². The van der Waals surface area contributed by atoms with Crippen LogP contribution in [0.1, 0.15) is 46.0 Å².